The molecule has 9 aliphatic rings. The monoisotopic (exact) mass is 1070 g/mol. The smallest absolute Gasteiger partial charge is 0.187 e. The lowest BCUT2D eigenvalue weighted by atomic mass is 9.44. The largest absolute Gasteiger partial charge is 0.394 e. The van der Waals surface area contributed by atoms with Crippen LogP contribution in [-0.4, -0.2) is 250 Å². The van der Waals surface area contributed by atoms with Crippen molar-refractivity contribution in [2.24, 2.45) is 52.3 Å². The molecule has 0 unspecified atom stereocenters. The molecule has 24 nitrogen and oxygen atoms in total. The molecule has 15 N–H and O–H groups in total. The van der Waals surface area contributed by atoms with Crippen LogP contribution in [-0.2, 0) is 42.6 Å². The first-order chi connectivity index (χ1) is 35.0. The Morgan fingerprint density at radius 2 is 1.22 bits per heavy atom. The molecule has 9 rings (SSSR count). The molecule has 74 heavy (non-hydrogen) atoms. The second-order valence-electron chi connectivity index (χ2n) is 24.0. The molecule has 4 saturated carbocycles. The van der Waals surface area contributed by atoms with E-state index < -0.39 is 161 Å². The zero-order valence-electron chi connectivity index (χ0n) is 42.5. The van der Waals surface area contributed by atoms with Gasteiger partial charge in [0.2, 0.25) is 0 Å². The zero-order chi connectivity index (χ0) is 53.5. The van der Waals surface area contributed by atoms with Gasteiger partial charge in [-0.25, -0.2) is 0 Å². The van der Waals surface area contributed by atoms with Crippen LogP contribution < -0.4 is 0 Å². The standard InChI is InChI=1S/C50H84O24/c1-19(17-66-44-39(62)36(59)34(57)29(14-51)69-44)7-10-50(65)20(2)32-28(74-50)12-24-22-6-5-21-11-27(25(54)13-49(21,4)23(22)8-9-48(24,32)3)68-46-40(63)37(60)42(31(16-53)71-46)72-47-41(64)43(35(58)30(15-52)70-47)73-45-38(61)33(56)26(55)18-67-45/h19-47,51-65H,5-18H2,1-4H3/t19-,20+,21+,22-,23+,24+,25-,26-,27-,28+,29-,30-,31-,32+,33+,34-,35-,36+,37-,38-,39-,40-,41-,42+,43+,44-,45+,46-,47+,48+,49+,50-/m1/s1. The SMILES string of the molecule is C[C@H](CC[C@@]1(O)O[C@H]2C[C@H]3[C@@H]4CC[C@H]5C[C@@H](O[C@@H]6O[C@H](CO)[C@H](O[C@@H]7O[C@H](CO)[C@@H](O)[C@H](O[C@@H]8OC[C@@H](O)[C@H](O)[C@H]8O)[C@H]7O)[C@H](O)[C@H]6O)[C@H](O)C[C@]5(C)[C@H]4CC[C@]3(C)[C@H]2[C@@H]1C)CO[C@@H]1O[C@H](CO)[C@@H](O)[C@H](O)[C@H]1O. The highest BCUT2D eigenvalue weighted by Gasteiger charge is 2.69. The van der Waals surface area contributed by atoms with Gasteiger partial charge < -0.3 is 119 Å². The molecule has 9 fully saturated rings. The summed E-state index contributed by atoms with van der Waals surface area (Å²) in [5.41, 5.74) is -0.331. The Labute approximate surface area is 430 Å². The highest BCUT2D eigenvalue weighted by atomic mass is 16.8. The van der Waals surface area contributed by atoms with Crippen molar-refractivity contribution in [3.05, 3.63) is 0 Å². The number of ether oxygens (including phenoxy) is 9. The Hall–Kier alpha value is -0.960. The number of hydrogen-bond donors (Lipinski definition) is 15. The minimum absolute atomic E-state index is 0.0858. The maximum atomic E-state index is 12.1. The van der Waals surface area contributed by atoms with Crippen molar-refractivity contribution in [2.45, 2.75) is 226 Å². The third-order valence-electron chi connectivity index (χ3n) is 19.7. The van der Waals surface area contributed by atoms with Crippen LogP contribution >= 0.6 is 0 Å². The number of aliphatic hydroxyl groups excluding tert-OH is 14. The Morgan fingerprint density at radius 3 is 1.92 bits per heavy atom. The van der Waals surface area contributed by atoms with Crippen LogP contribution in [0, 0.1) is 52.3 Å². The van der Waals surface area contributed by atoms with Crippen molar-refractivity contribution in [3.8, 4) is 0 Å². The highest BCUT2D eigenvalue weighted by Crippen LogP contribution is 2.71. The molecule has 0 spiro atoms. The van der Waals surface area contributed by atoms with Gasteiger partial charge in [0.15, 0.2) is 30.9 Å². The van der Waals surface area contributed by atoms with E-state index in [9.17, 15) is 76.6 Å². The van der Waals surface area contributed by atoms with Crippen molar-refractivity contribution in [1.29, 1.82) is 0 Å². The second kappa shape index (κ2) is 22.5. The van der Waals surface area contributed by atoms with Crippen LogP contribution in [0.2, 0.25) is 0 Å². The summed E-state index contributed by atoms with van der Waals surface area (Å²) in [4.78, 5) is 0. The van der Waals surface area contributed by atoms with E-state index in [-0.39, 0.29) is 47.2 Å². The summed E-state index contributed by atoms with van der Waals surface area (Å²) in [6, 6.07) is 0. The van der Waals surface area contributed by atoms with Gasteiger partial charge in [0, 0.05) is 12.3 Å². The lowest BCUT2D eigenvalue weighted by molar-refractivity contribution is -0.379. The summed E-state index contributed by atoms with van der Waals surface area (Å²) in [6.45, 7) is 6.23. The average molecular weight is 1070 g/mol. The Balaban J connectivity index is 0.783. The molecule has 0 aromatic heterocycles. The summed E-state index contributed by atoms with van der Waals surface area (Å²) in [5, 5.41) is 160. The van der Waals surface area contributed by atoms with E-state index in [4.69, 9.17) is 42.6 Å². The Kier molecular flexibility index (Phi) is 17.6. The van der Waals surface area contributed by atoms with E-state index in [1.54, 1.807) is 0 Å². The van der Waals surface area contributed by atoms with Crippen molar-refractivity contribution < 1.29 is 119 Å². The third kappa shape index (κ3) is 10.3. The fraction of sp³-hybridized carbons (Fsp3) is 1.00. The minimum Gasteiger partial charge on any atom is -0.394 e. The number of aliphatic hydroxyl groups is 15. The zero-order valence-corrected chi connectivity index (χ0v) is 42.5. The third-order valence-corrected chi connectivity index (χ3v) is 19.7. The molecule has 0 amide bonds. The molecule has 24 heteroatoms. The average Bonchev–Trinajstić information content (AvgIpc) is 3.81. The highest BCUT2D eigenvalue weighted by molar-refractivity contribution is 5.15. The topological polar surface area (TPSA) is 387 Å². The quantitative estimate of drug-likeness (QED) is 0.0689. The van der Waals surface area contributed by atoms with E-state index in [1.165, 1.54) is 0 Å². The van der Waals surface area contributed by atoms with Gasteiger partial charge in [-0.2, -0.15) is 0 Å². The summed E-state index contributed by atoms with van der Waals surface area (Å²) >= 11 is 0. The van der Waals surface area contributed by atoms with E-state index in [2.05, 4.69) is 20.8 Å². The lowest BCUT2D eigenvalue weighted by Gasteiger charge is -2.62. The van der Waals surface area contributed by atoms with Crippen molar-refractivity contribution in [1.82, 2.24) is 0 Å². The molecule has 0 aromatic rings. The number of hydrogen-bond acceptors (Lipinski definition) is 24. The molecule has 0 bridgehead atoms. The van der Waals surface area contributed by atoms with Gasteiger partial charge in [-0.05, 0) is 97.7 Å². The number of fused-ring (bicyclic) bond motifs is 7. The molecule has 428 valence electrons. The second-order valence-corrected chi connectivity index (χ2v) is 24.0. The summed E-state index contributed by atoms with van der Waals surface area (Å²) in [6.07, 6.45) is -25.5. The van der Waals surface area contributed by atoms with Crippen LogP contribution in [0.1, 0.15) is 85.5 Å². The molecule has 0 aromatic carbocycles. The van der Waals surface area contributed by atoms with Crippen LogP contribution in [0.15, 0.2) is 0 Å². The molecule has 32 atom stereocenters. The molecule has 4 aliphatic carbocycles. The first-order valence-corrected chi connectivity index (χ1v) is 26.9. The molecular formula is C50H84O24. The van der Waals surface area contributed by atoms with Gasteiger partial charge in [-0.1, -0.05) is 27.7 Å². The van der Waals surface area contributed by atoms with Crippen LogP contribution in [0.25, 0.3) is 0 Å². The Bertz CT molecular complexity index is 1860. The minimum atomic E-state index is -1.90. The number of rotatable bonds is 15. The van der Waals surface area contributed by atoms with Crippen LogP contribution in [0.4, 0.5) is 0 Å². The fourth-order valence-electron chi connectivity index (χ4n) is 15.4. The Morgan fingerprint density at radius 1 is 0.595 bits per heavy atom. The maximum absolute atomic E-state index is 12.1. The fourth-order valence-corrected chi connectivity index (χ4v) is 15.4. The van der Waals surface area contributed by atoms with Gasteiger partial charge >= 0.3 is 0 Å². The maximum Gasteiger partial charge on any atom is 0.187 e. The van der Waals surface area contributed by atoms with E-state index in [0.717, 1.165) is 32.1 Å². The van der Waals surface area contributed by atoms with Crippen LogP contribution in [0.3, 0.4) is 0 Å². The van der Waals surface area contributed by atoms with Gasteiger partial charge in [0.1, 0.15) is 91.6 Å². The lowest BCUT2D eigenvalue weighted by Crippen LogP contribution is -2.66. The molecule has 5 saturated heterocycles. The van der Waals surface area contributed by atoms with Gasteiger partial charge in [0.25, 0.3) is 0 Å². The first-order valence-electron chi connectivity index (χ1n) is 26.9. The van der Waals surface area contributed by atoms with Crippen LogP contribution in [0.5, 0.6) is 0 Å². The molecule has 0 radical (unpaired) electrons. The molecule has 5 heterocycles. The predicted molar refractivity (Wildman–Crippen MR) is 247 cm³/mol. The predicted octanol–water partition coefficient (Wildman–Crippen LogP) is -4.35. The van der Waals surface area contributed by atoms with Gasteiger partial charge in [0.05, 0.1) is 51.3 Å². The normalized spacial score (nSPS) is 56.0. The van der Waals surface area contributed by atoms with Crippen molar-refractivity contribution >= 4 is 0 Å². The van der Waals surface area contributed by atoms with E-state index >= 15 is 0 Å². The van der Waals surface area contributed by atoms with Gasteiger partial charge in [-0.15, -0.1) is 0 Å². The van der Waals surface area contributed by atoms with E-state index in [0.29, 0.717) is 43.4 Å². The summed E-state index contributed by atoms with van der Waals surface area (Å²) < 4.78 is 52.7. The first kappa shape index (κ1) is 57.7. The van der Waals surface area contributed by atoms with Gasteiger partial charge in [-0.3, -0.25) is 0 Å². The summed E-state index contributed by atoms with van der Waals surface area (Å²) in [7, 11) is 0. The molecular weight excluding hydrogens is 985 g/mol. The van der Waals surface area contributed by atoms with E-state index in [1.807, 2.05) is 6.92 Å². The van der Waals surface area contributed by atoms with Crippen molar-refractivity contribution in [2.75, 3.05) is 33.0 Å². The van der Waals surface area contributed by atoms with Crippen molar-refractivity contribution in [3.63, 3.8) is 0 Å². The molecule has 5 aliphatic heterocycles. The summed E-state index contributed by atoms with van der Waals surface area (Å²) in [5.74, 6) is -0.302.